The van der Waals surface area contributed by atoms with Crippen LogP contribution < -0.4 is 5.32 Å². The molecular formula is C15H21BrN2O. The minimum atomic E-state index is 0.0297. The minimum absolute atomic E-state index is 0.0297. The van der Waals surface area contributed by atoms with Gasteiger partial charge in [0.25, 0.3) is 5.91 Å². The van der Waals surface area contributed by atoms with Crippen molar-refractivity contribution in [3.63, 3.8) is 0 Å². The third-order valence-electron chi connectivity index (χ3n) is 3.86. The summed E-state index contributed by atoms with van der Waals surface area (Å²) in [6, 6.07) is 6.03. The first-order chi connectivity index (χ1) is 8.97. The molecule has 104 valence electrons. The van der Waals surface area contributed by atoms with Gasteiger partial charge in [-0.25, -0.2) is 0 Å². The number of likely N-dealkylation sites (tertiary alicyclic amines) is 1. The second kappa shape index (κ2) is 6.06. The molecule has 1 amide bonds. The van der Waals surface area contributed by atoms with Crippen LogP contribution in [0.15, 0.2) is 22.7 Å². The Bertz CT molecular complexity index is 475. The molecule has 3 nitrogen and oxygen atoms in total. The normalized spacial score (nSPS) is 24.2. The Morgan fingerprint density at radius 3 is 2.84 bits per heavy atom. The van der Waals surface area contributed by atoms with Crippen molar-refractivity contribution in [2.75, 3.05) is 20.1 Å². The number of carbonyl (C=O) groups is 1. The molecule has 0 aliphatic carbocycles. The number of rotatable bonds is 2. The van der Waals surface area contributed by atoms with Gasteiger partial charge in [-0.05, 0) is 50.6 Å². The van der Waals surface area contributed by atoms with Crippen LogP contribution in [0.1, 0.15) is 29.3 Å². The predicted molar refractivity (Wildman–Crippen MR) is 81.4 cm³/mol. The molecule has 4 heteroatoms. The van der Waals surface area contributed by atoms with Gasteiger partial charge in [0.15, 0.2) is 0 Å². The van der Waals surface area contributed by atoms with Gasteiger partial charge in [0.2, 0.25) is 0 Å². The van der Waals surface area contributed by atoms with Crippen molar-refractivity contribution < 1.29 is 4.79 Å². The van der Waals surface area contributed by atoms with Gasteiger partial charge in [0, 0.05) is 22.6 Å². The molecule has 2 unspecified atom stereocenters. The molecule has 1 saturated heterocycles. The van der Waals surface area contributed by atoms with E-state index in [1.54, 1.807) is 0 Å². The van der Waals surface area contributed by atoms with Crippen molar-refractivity contribution in [2.45, 2.75) is 26.3 Å². The molecule has 0 saturated carbocycles. The Morgan fingerprint density at radius 1 is 1.47 bits per heavy atom. The van der Waals surface area contributed by atoms with E-state index in [0.29, 0.717) is 5.92 Å². The molecule has 1 aliphatic rings. The van der Waals surface area contributed by atoms with E-state index < -0.39 is 0 Å². The van der Waals surface area contributed by atoms with Gasteiger partial charge in [-0.1, -0.05) is 28.9 Å². The quantitative estimate of drug-likeness (QED) is 0.907. The molecule has 1 aromatic rings. The monoisotopic (exact) mass is 324 g/mol. The first-order valence-corrected chi connectivity index (χ1v) is 7.52. The SMILES string of the molecule is Cc1ccc(C(=O)NC2CCN(C)CC2C)cc1Br. The van der Waals surface area contributed by atoms with Crippen molar-refractivity contribution >= 4 is 21.8 Å². The maximum atomic E-state index is 12.3. The maximum absolute atomic E-state index is 12.3. The molecule has 1 fully saturated rings. The highest BCUT2D eigenvalue weighted by atomic mass is 79.9. The summed E-state index contributed by atoms with van der Waals surface area (Å²) in [7, 11) is 2.13. The highest BCUT2D eigenvalue weighted by Gasteiger charge is 2.25. The van der Waals surface area contributed by atoms with E-state index in [1.807, 2.05) is 25.1 Å². The number of hydrogen-bond acceptors (Lipinski definition) is 2. The number of aryl methyl sites for hydroxylation is 1. The van der Waals surface area contributed by atoms with Crippen LogP contribution in [-0.2, 0) is 0 Å². The number of amides is 1. The summed E-state index contributed by atoms with van der Waals surface area (Å²) in [4.78, 5) is 14.6. The van der Waals surface area contributed by atoms with Crippen molar-refractivity contribution in [1.29, 1.82) is 0 Å². The number of hydrogen-bond donors (Lipinski definition) is 1. The molecule has 19 heavy (non-hydrogen) atoms. The highest BCUT2D eigenvalue weighted by Crippen LogP contribution is 2.19. The summed E-state index contributed by atoms with van der Waals surface area (Å²) in [5.74, 6) is 0.527. The minimum Gasteiger partial charge on any atom is -0.349 e. The molecule has 0 radical (unpaired) electrons. The molecular weight excluding hydrogens is 304 g/mol. The van der Waals surface area contributed by atoms with Crippen LogP contribution in [0.2, 0.25) is 0 Å². The lowest BCUT2D eigenvalue weighted by atomic mass is 9.94. The summed E-state index contributed by atoms with van der Waals surface area (Å²) < 4.78 is 0.983. The molecule has 2 atom stereocenters. The third kappa shape index (κ3) is 3.57. The van der Waals surface area contributed by atoms with Gasteiger partial charge in [0.1, 0.15) is 0 Å². The predicted octanol–water partition coefficient (Wildman–Crippen LogP) is 2.83. The number of carbonyl (C=O) groups excluding carboxylic acids is 1. The lowest BCUT2D eigenvalue weighted by Crippen LogP contribution is -2.48. The number of halogens is 1. The fourth-order valence-electron chi connectivity index (χ4n) is 2.55. The summed E-state index contributed by atoms with van der Waals surface area (Å²) in [5.41, 5.74) is 1.87. The Labute approximate surface area is 123 Å². The summed E-state index contributed by atoms with van der Waals surface area (Å²) in [5, 5.41) is 3.17. The second-order valence-corrected chi connectivity index (χ2v) is 6.43. The van der Waals surface area contributed by atoms with Gasteiger partial charge in [-0.2, -0.15) is 0 Å². The molecule has 1 aromatic carbocycles. The Hall–Kier alpha value is -0.870. The molecule has 1 N–H and O–H groups in total. The zero-order chi connectivity index (χ0) is 14.0. The number of benzene rings is 1. The van der Waals surface area contributed by atoms with E-state index in [9.17, 15) is 4.79 Å². The smallest absolute Gasteiger partial charge is 0.251 e. The van der Waals surface area contributed by atoms with Crippen molar-refractivity contribution in [3.8, 4) is 0 Å². The molecule has 0 spiro atoms. The average Bonchev–Trinajstić information content (AvgIpc) is 2.36. The number of nitrogens with zero attached hydrogens (tertiary/aromatic N) is 1. The zero-order valence-corrected chi connectivity index (χ0v) is 13.3. The molecule has 1 aliphatic heterocycles. The molecule has 1 heterocycles. The van der Waals surface area contributed by atoms with E-state index in [2.05, 4.69) is 40.1 Å². The first kappa shape index (κ1) is 14.5. The van der Waals surface area contributed by atoms with Gasteiger partial charge in [-0.15, -0.1) is 0 Å². The van der Waals surface area contributed by atoms with Crippen LogP contribution in [-0.4, -0.2) is 37.0 Å². The summed E-state index contributed by atoms with van der Waals surface area (Å²) in [6.07, 6.45) is 1.02. The topological polar surface area (TPSA) is 32.3 Å². The maximum Gasteiger partial charge on any atom is 0.251 e. The third-order valence-corrected chi connectivity index (χ3v) is 4.71. The van der Waals surface area contributed by atoms with Crippen LogP contribution in [0.5, 0.6) is 0 Å². The first-order valence-electron chi connectivity index (χ1n) is 6.73. The fourth-order valence-corrected chi connectivity index (χ4v) is 2.93. The van der Waals surface area contributed by atoms with Gasteiger partial charge >= 0.3 is 0 Å². The van der Waals surface area contributed by atoms with E-state index in [-0.39, 0.29) is 11.9 Å². The van der Waals surface area contributed by atoms with Gasteiger partial charge < -0.3 is 10.2 Å². The molecule has 0 aromatic heterocycles. The van der Waals surface area contributed by atoms with Crippen LogP contribution in [0.3, 0.4) is 0 Å². The second-order valence-electron chi connectivity index (χ2n) is 5.57. The van der Waals surface area contributed by atoms with Crippen LogP contribution >= 0.6 is 15.9 Å². The lowest BCUT2D eigenvalue weighted by Gasteiger charge is -2.35. The van der Waals surface area contributed by atoms with Gasteiger partial charge in [-0.3, -0.25) is 4.79 Å². The van der Waals surface area contributed by atoms with Crippen molar-refractivity contribution in [3.05, 3.63) is 33.8 Å². The zero-order valence-electron chi connectivity index (χ0n) is 11.7. The Morgan fingerprint density at radius 2 is 2.21 bits per heavy atom. The van der Waals surface area contributed by atoms with E-state index in [0.717, 1.165) is 35.1 Å². The summed E-state index contributed by atoms with van der Waals surface area (Å²) >= 11 is 3.47. The summed E-state index contributed by atoms with van der Waals surface area (Å²) in [6.45, 7) is 6.31. The largest absolute Gasteiger partial charge is 0.349 e. The van der Waals surface area contributed by atoms with Crippen molar-refractivity contribution in [1.82, 2.24) is 10.2 Å². The Kier molecular flexibility index (Phi) is 4.63. The van der Waals surface area contributed by atoms with Crippen LogP contribution in [0.4, 0.5) is 0 Å². The molecule has 2 rings (SSSR count). The lowest BCUT2D eigenvalue weighted by molar-refractivity contribution is 0.0884. The van der Waals surface area contributed by atoms with Crippen LogP contribution in [0, 0.1) is 12.8 Å². The van der Waals surface area contributed by atoms with Crippen molar-refractivity contribution in [2.24, 2.45) is 5.92 Å². The average molecular weight is 325 g/mol. The van der Waals surface area contributed by atoms with E-state index in [4.69, 9.17) is 0 Å². The number of piperidine rings is 1. The van der Waals surface area contributed by atoms with E-state index >= 15 is 0 Å². The van der Waals surface area contributed by atoms with Crippen LogP contribution in [0.25, 0.3) is 0 Å². The standard InChI is InChI=1S/C15H21BrN2O/c1-10-4-5-12(8-13(10)16)15(19)17-14-6-7-18(3)9-11(14)2/h4-5,8,11,14H,6-7,9H2,1-3H3,(H,17,19). The number of nitrogens with one attached hydrogen (secondary N) is 1. The fraction of sp³-hybridized carbons (Fsp3) is 0.533. The Balaban J connectivity index is 2.02. The highest BCUT2D eigenvalue weighted by molar-refractivity contribution is 9.10. The van der Waals surface area contributed by atoms with Gasteiger partial charge in [0.05, 0.1) is 0 Å². The molecule has 0 bridgehead atoms. The van der Waals surface area contributed by atoms with E-state index in [1.165, 1.54) is 0 Å².